The molecule has 0 unspecified atom stereocenters. The first-order valence-electron chi connectivity index (χ1n) is 8.92. The largest absolute Gasteiger partial charge is 0.335 e. The Bertz CT molecular complexity index is 528. The van der Waals surface area contributed by atoms with E-state index in [4.69, 9.17) is 4.98 Å². The first kappa shape index (κ1) is 16.8. The number of aryl methyl sites for hydroxylation is 4. The van der Waals surface area contributed by atoms with Gasteiger partial charge in [-0.2, -0.15) is 0 Å². The van der Waals surface area contributed by atoms with Crippen molar-refractivity contribution in [3.05, 3.63) is 53.6 Å². The van der Waals surface area contributed by atoms with E-state index in [0.29, 0.717) is 0 Å². The number of imidazole rings is 1. The van der Waals surface area contributed by atoms with Crippen LogP contribution >= 0.6 is 0 Å². The van der Waals surface area contributed by atoms with E-state index in [9.17, 15) is 0 Å². The van der Waals surface area contributed by atoms with Crippen molar-refractivity contribution in [3.8, 4) is 0 Å². The highest BCUT2D eigenvalue weighted by molar-refractivity contribution is 5.15. The standard InChI is InChI=1S/C20H30N2/c1-3-5-7-15-20-21-19(17-22(20)16-4-2)14-10-13-18-11-8-6-9-12-18/h6,8-9,11-12,17H,3-5,7,10,13-16H2,1-2H3. The van der Waals surface area contributed by atoms with E-state index in [1.54, 1.807) is 0 Å². The Morgan fingerprint density at radius 3 is 2.41 bits per heavy atom. The van der Waals surface area contributed by atoms with Crippen LogP contribution in [0.25, 0.3) is 0 Å². The van der Waals surface area contributed by atoms with Crippen LogP contribution in [0, 0.1) is 0 Å². The quantitative estimate of drug-likeness (QED) is 0.551. The van der Waals surface area contributed by atoms with Gasteiger partial charge in [-0.15, -0.1) is 0 Å². The smallest absolute Gasteiger partial charge is 0.108 e. The number of nitrogens with zero attached hydrogens (tertiary/aromatic N) is 2. The summed E-state index contributed by atoms with van der Waals surface area (Å²) in [4.78, 5) is 4.89. The summed E-state index contributed by atoms with van der Waals surface area (Å²) >= 11 is 0. The van der Waals surface area contributed by atoms with Crippen LogP contribution in [0.4, 0.5) is 0 Å². The highest BCUT2D eigenvalue weighted by Crippen LogP contribution is 2.12. The lowest BCUT2D eigenvalue weighted by Gasteiger charge is -2.05. The minimum Gasteiger partial charge on any atom is -0.335 e. The number of unbranched alkanes of at least 4 members (excludes halogenated alkanes) is 2. The summed E-state index contributed by atoms with van der Waals surface area (Å²) in [6.07, 6.45) is 11.9. The van der Waals surface area contributed by atoms with E-state index < -0.39 is 0 Å². The van der Waals surface area contributed by atoms with Crippen molar-refractivity contribution >= 4 is 0 Å². The molecule has 0 radical (unpaired) electrons. The zero-order chi connectivity index (χ0) is 15.6. The molecule has 0 aliphatic carbocycles. The molecule has 2 heteroatoms. The monoisotopic (exact) mass is 298 g/mol. The number of hydrogen-bond donors (Lipinski definition) is 0. The molecule has 1 heterocycles. The average molecular weight is 298 g/mol. The molecule has 0 spiro atoms. The SMILES string of the molecule is CCCCCc1nc(CCCc2ccccc2)cn1CCC. The maximum atomic E-state index is 4.89. The highest BCUT2D eigenvalue weighted by atomic mass is 15.1. The summed E-state index contributed by atoms with van der Waals surface area (Å²) < 4.78 is 2.38. The Morgan fingerprint density at radius 1 is 0.864 bits per heavy atom. The van der Waals surface area contributed by atoms with E-state index in [1.165, 1.54) is 49.2 Å². The number of hydrogen-bond acceptors (Lipinski definition) is 1. The molecule has 0 aliphatic heterocycles. The van der Waals surface area contributed by atoms with Gasteiger partial charge >= 0.3 is 0 Å². The topological polar surface area (TPSA) is 17.8 Å². The van der Waals surface area contributed by atoms with Crippen LogP contribution < -0.4 is 0 Å². The van der Waals surface area contributed by atoms with Gasteiger partial charge in [0.15, 0.2) is 0 Å². The van der Waals surface area contributed by atoms with Crippen LogP contribution in [-0.2, 0) is 25.8 Å². The summed E-state index contributed by atoms with van der Waals surface area (Å²) in [5.41, 5.74) is 2.70. The number of aromatic nitrogens is 2. The molecule has 2 rings (SSSR count). The average Bonchev–Trinajstić information content (AvgIpc) is 2.91. The maximum Gasteiger partial charge on any atom is 0.108 e. The zero-order valence-corrected chi connectivity index (χ0v) is 14.2. The van der Waals surface area contributed by atoms with Crippen molar-refractivity contribution in [3.63, 3.8) is 0 Å². The lowest BCUT2D eigenvalue weighted by molar-refractivity contribution is 0.609. The molecule has 1 aromatic carbocycles. The summed E-state index contributed by atoms with van der Waals surface area (Å²) in [5, 5.41) is 0. The van der Waals surface area contributed by atoms with Crippen molar-refractivity contribution in [2.45, 2.75) is 71.8 Å². The predicted octanol–water partition coefficient (Wildman–Crippen LogP) is 5.20. The van der Waals surface area contributed by atoms with Crippen molar-refractivity contribution in [1.82, 2.24) is 9.55 Å². The number of rotatable bonds is 10. The molecule has 0 saturated carbocycles. The van der Waals surface area contributed by atoms with E-state index in [2.05, 4.69) is 54.9 Å². The lowest BCUT2D eigenvalue weighted by Crippen LogP contribution is -2.02. The van der Waals surface area contributed by atoms with E-state index in [0.717, 1.165) is 25.8 Å². The second-order valence-corrected chi connectivity index (χ2v) is 6.14. The Labute approximate surface area is 135 Å². The molecule has 120 valence electrons. The fourth-order valence-electron chi connectivity index (χ4n) is 2.92. The molecule has 0 N–H and O–H groups in total. The van der Waals surface area contributed by atoms with Gasteiger partial charge in [0.25, 0.3) is 0 Å². The van der Waals surface area contributed by atoms with Crippen LogP contribution in [0.2, 0.25) is 0 Å². The van der Waals surface area contributed by atoms with Gasteiger partial charge in [-0.3, -0.25) is 0 Å². The third kappa shape index (κ3) is 5.32. The van der Waals surface area contributed by atoms with Crippen LogP contribution in [0.3, 0.4) is 0 Å². The first-order chi connectivity index (χ1) is 10.8. The second-order valence-electron chi connectivity index (χ2n) is 6.14. The lowest BCUT2D eigenvalue weighted by atomic mass is 10.1. The zero-order valence-electron chi connectivity index (χ0n) is 14.2. The van der Waals surface area contributed by atoms with E-state index in [1.807, 2.05) is 0 Å². The van der Waals surface area contributed by atoms with Gasteiger partial charge in [0, 0.05) is 19.2 Å². The van der Waals surface area contributed by atoms with Gasteiger partial charge in [-0.1, -0.05) is 57.0 Å². The van der Waals surface area contributed by atoms with Crippen LogP contribution in [0.15, 0.2) is 36.5 Å². The fraction of sp³-hybridized carbons (Fsp3) is 0.550. The summed E-state index contributed by atoms with van der Waals surface area (Å²) in [6, 6.07) is 10.8. The van der Waals surface area contributed by atoms with Crippen LogP contribution in [0.5, 0.6) is 0 Å². The first-order valence-corrected chi connectivity index (χ1v) is 8.92. The van der Waals surface area contributed by atoms with Crippen molar-refractivity contribution in [2.24, 2.45) is 0 Å². The number of benzene rings is 1. The molecule has 22 heavy (non-hydrogen) atoms. The van der Waals surface area contributed by atoms with E-state index >= 15 is 0 Å². The Morgan fingerprint density at radius 2 is 1.68 bits per heavy atom. The molecule has 0 amide bonds. The summed E-state index contributed by atoms with van der Waals surface area (Å²) in [5.74, 6) is 1.30. The molecular weight excluding hydrogens is 268 g/mol. The molecule has 0 bridgehead atoms. The van der Waals surface area contributed by atoms with Crippen molar-refractivity contribution in [1.29, 1.82) is 0 Å². The maximum absolute atomic E-state index is 4.89. The molecule has 2 nitrogen and oxygen atoms in total. The van der Waals surface area contributed by atoms with Gasteiger partial charge < -0.3 is 4.57 Å². The van der Waals surface area contributed by atoms with Gasteiger partial charge in [0.05, 0.1) is 5.69 Å². The summed E-state index contributed by atoms with van der Waals surface area (Å²) in [7, 11) is 0. The minimum absolute atomic E-state index is 1.09. The molecule has 2 aromatic rings. The van der Waals surface area contributed by atoms with Crippen molar-refractivity contribution < 1.29 is 0 Å². The molecule has 0 saturated heterocycles. The normalized spacial score (nSPS) is 11.0. The van der Waals surface area contributed by atoms with Gasteiger partial charge in [0.1, 0.15) is 5.82 Å². The van der Waals surface area contributed by atoms with Crippen LogP contribution in [-0.4, -0.2) is 9.55 Å². The molecular formula is C20H30N2. The fourth-order valence-corrected chi connectivity index (χ4v) is 2.92. The molecule has 0 aliphatic rings. The second kappa shape index (κ2) is 9.45. The Kier molecular flexibility index (Phi) is 7.21. The van der Waals surface area contributed by atoms with Crippen LogP contribution in [0.1, 0.15) is 63.0 Å². The van der Waals surface area contributed by atoms with Crippen molar-refractivity contribution in [2.75, 3.05) is 0 Å². The highest BCUT2D eigenvalue weighted by Gasteiger charge is 2.07. The Hall–Kier alpha value is -1.57. The van der Waals surface area contributed by atoms with E-state index in [-0.39, 0.29) is 0 Å². The predicted molar refractivity (Wildman–Crippen MR) is 94.2 cm³/mol. The van der Waals surface area contributed by atoms with Gasteiger partial charge in [0.2, 0.25) is 0 Å². The summed E-state index contributed by atoms with van der Waals surface area (Å²) in [6.45, 7) is 5.60. The molecule has 1 aromatic heterocycles. The van der Waals surface area contributed by atoms with Gasteiger partial charge in [-0.25, -0.2) is 4.98 Å². The third-order valence-corrected chi connectivity index (χ3v) is 4.12. The minimum atomic E-state index is 1.09. The third-order valence-electron chi connectivity index (χ3n) is 4.12. The Balaban J connectivity index is 1.88. The molecule has 0 fully saturated rings. The molecule has 0 atom stereocenters. The van der Waals surface area contributed by atoms with Gasteiger partial charge in [-0.05, 0) is 37.7 Å².